The molecule has 0 aromatic carbocycles. The molecule has 0 aliphatic carbocycles. The third-order valence-corrected chi connectivity index (χ3v) is 4.55. The van der Waals surface area contributed by atoms with Gasteiger partial charge in [0.15, 0.2) is 0 Å². The molecule has 0 bridgehead atoms. The smallest absolute Gasteiger partial charge is 0.273 e. The molecule has 1 aliphatic rings. The summed E-state index contributed by atoms with van der Waals surface area (Å²) in [5, 5.41) is 12.3. The number of likely N-dealkylation sites (tertiary alicyclic amines) is 1. The van der Waals surface area contributed by atoms with Gasteiger partial charge in [0.1, 0.15) is 5.69 Å². The van der Waals surface area contributed by atoms with Crippen LogP contribution in [0.2, 0.25) is 0 Å². The number of piperidine rings is 1. The van der Waals surface area contributed by atoms with Gasteiger partial charge >= 0.3 is 0 Å². The van der Waals surface area contributed by atoms with Crippen molar-refractivity contribution in [3.05, 3.63) is 16.1 Å². The average Bonchev–Trinajstić information content (AvgIpc) is 2.87. The minimum Gasteiger partial charge on any atom is -0.393 e. The number of aliphatic hydroxyl groups is 1. The second kappa shape index (κ2) is 6.45. The zero-order valence-corrected chi connectivity index (χ0v) is 12.0. The van der Waals surface area contributed by atoms with Gasteiger partial charge in [-0.1, -0.05) is 0 Å². The number of rotatable bonds is 4. The van der Waals surface area contributed by atoms with Crippen molar-refractivity contribution < 1.29 is 9.90 Å². The molecule has 1 atom stereocenters. The summed E-state index contributed by atoms with van der Waals surface area (Å²) in [6, 6.07) is 0. The lowest BCUT2D eigenvalue weighted by Crippen LogP contribution is -2.40. The summed E-state index contributed by atoms with van der Waals surface area (Å²) in [5.41, 5.74) is 6.01. The van der Waals surface area contributed by atoms with Crippen LogP contribution in [0, 0.1) is 5.92 Å². The highest BCUT2D eigenvalue weighted by Crippen LogP contribution is 2.22. The molecule has 2 heterocycles. The molecule has 1 saturated heterocycles. The lowest BCUT2D eigenvalue weighted by atomic mass is 9.92. The number of nitrogens with zero attached hydrogens (tertiary/aromatic N) is 2. The first kappa shape index (κ1) is 14.4. The van der Waals surface area contributed by atoms with E-state index in [2.05, 4.69) is 4.98 Å². The summed E-state index contributed by atoms with van der Waals surface area (Å²) in [7, 11) is 0. The van der Waals surface area contributed by atoms with E-state index in [1.165, 1.54) is 11.3 Å². The van der Waals surface area contributed by atoms with Gasteiger partial charge in [0.2, 0.25) is 0 Å². The molecule has 1 aromatic rings. The molecule has 1 fully saturated rings. The number of aromatic nitrogens is 1. The maximum absolute atomic E-state index is 12.3. The van der Waals surface area contributed by atoms with E-state index < -0.39 is 0 Å². The van der Waals surface area contributed by atoms with E-state index >= 15 is 0 Å². The van der Waals surface area contributed by atoms with Gasteiger partial charge in [-0.2, -0.15) is 0 Å². The summed E-state index contributed by atoms with van der Waals surface area (Å²) >= 11 is 1.49. The predicted octanol–water partition coefficient (Wildman–Crippen LogP) is 0.877. The van der Waals surface area contributed by atoms with Crippen molar-refractivity contribution in [1.29, 1.82) is 0 Å². The Kier molecular flexibility index (Phi) is 4.90. The van der Waals surface area contributed by atoms with Gasteiger partial charge in [0.05, 0.1) is 11.1 Å². The third kappa shape index (κ3) is 3.52. The van der Waals surface area contributed by atoms with Crippen molar-refractivity contribution in [2.75, 3.05) is 19.6 Å². The maximum atomic E-state index is 12.3. The first-order chi connectivity index (χ1) is 9.11. The zero-order chi connectivity index (χ0) is 13.8. The van der Waals surface area contributed by atoms with Crippen molar-refractivity contribution in [3.8, 4) is 0 Å². The van der Waals surface area contributed by atoms with E-state index in [9.17, 15) is 9.90 Å². The van der Waals surface area contributed by atoms with Crippen molar-refractivity contribution in [3.63, 3.8) is 0 Å². The molecule has 19 heavy (non-hydrogen) atoms. The van der Waals surface area contributed by atoms with Crippen LogP contribution in [0.4, 0.5) is 0 Å². The Labute approximate surface area is 117 Å². The van der Waals surface area contributed by atoms with Crippen LogP contribution < -0.4 is 5.73 Å². The summed E-state index contributed by atoms with van der Waals surface area (Å²) in [4.78, 5) is 18.4. The lowest BCUT2D eigenvalue weighted by Gasteiger charge is -2.32. The van der Waals surface area contributed by atoms with Crippen molar-refractivity contribution in [1.82, 2.24) is 9.88 Å². The molecule has 0 saturated carbocycles. The van der Waals surface area contributed by atoms with Crippen molar-refractivity contribution >= 4 is 17.2 Å². The second-order valence-electron chi connectivity index (χ2n) is 5.04. The van der Waals surface area contributed by atoms with Gasteiger partial charge in [-0.05, 0) is 32.2 Å². The van der Waals surface area contributed by atoms with Gasteiger partial charge in [0.25, 0.3) is 5.91 Å². The third-order valence-electron chi connectivity index (χ3n) is 3.64. The Morgan fingerprint density at radius 3 is 2.89 bits per heavy atom. The Balaban J connectivity index is 1.93. The van der Waals surface area contributed by atoms with E-state index in [0.29, 0.717) is 31.2 Å². The Bertz CT molecular complexity index is 425. The first-order valence-electron chi connectivity index (χ1n) is 6.73. The predicted molar refractivity (Wildman–Crippen MR) is 75.2 cm³/mol. The molecule has 2 rings (SSSR count). The fourth-order valence-electron chi connectivity index (χ4n) is 2.39. The fourth-order valence-corrected chi connectivity index (χ4v) is 3.18. The largest absolute Gasteiger partial charge is 0.393 e. The van der Waals surface area contributed by atoms with Gasteiger partial charge in [-0.15, -0.1) is 11.3 Å². The van der Waals surface area contributed by atoms with Crippen LogP contribution in [-0.4, -0.2) is 46.6 Å². The number of carbonyl (C=O) groups excluding carboxylic acids is 1. The van der Waals surface area contributed by atoms with Gasteiger partial charge in [-0.3, -0.25) is 4.79 Å². The number of amides is 1. The monoisotopic (exact) mass is 283 g/mol. The molecule has 5 nitrogen and oxygen atoms in total. The number of thiazole rings is 1. The first-order valence-corrected chi connectivity index (χ1v) is 7.61. The zero-order valence-electron chi connectivity index (χ0n) is 11.2. The molecule has 1 aromatic heterocycles. The van der Waals surface area contributed by atoms with E-state index in [1.54, 1.807) is 0 Å². The van der Waals surface area contributed by atoms with Crippen LogP contribution in [0.1, 0.15) is 35.3 Å². The summed E-state index contributed by atoms with van der Waals surface area (Å²) in [6.07, 6.45) is 2.17. The number of nitrogens with two attached hydrogens (primary N) is 1. The maximum Gasteiger partial charge on any atom is 0.273 e. The molecule has 1 unspecified atom stereocenters. The molecular weight excluding hydrogens is 262 g/mol. The highest BCUT2D eigenvalue weighted by molar-refractivity contribution is 7.09. The molecule has 3 N–H and O–H groups in total. The van der Waals surface area contributed by atoms with E-state index in [1.807, 2.05) is 17.2 Å². The Morgan fingerprint density at radius 2 is 2.32 bits per heavy atom. The van der Waals surface area contributed by atoms with E-state index in [4.69, 9.17) is 5.73 Å². The molecule has 0 radical (unpaired) electrons. The Hall–Kier alpha value is -0.980. The van der Waals surface area contributed by atoms with Crippen LogP contribution in [-0.2, 0) is 6.42 Å². The van der Waals surface area contributed by atoms with Crippen molar-refractivity contribution in [2.45, 2.75) is 32.3 Å². The summed E-state index contributed by atoms with van der Waals surface area (Å²) in [6.45, 7) is 3.79. The topological polar surface area (TPSA) is 79.5 Å². The molecule has 1 aliphatic heterocycles. The summed E-state index contributed by atoms with van der Waals surface area (Å²) in [5.74, 6) is 0.316. The van der Waals surface area contributed by atoms with Crippen LogP contribution in [0.15, 0.2) is 5.38 Å². The minimum atomic E-state index is -0.285. The summed E-state index contributed by atoms with van der Waals surface area (Å²) < 4.78 is 0. The lowest BCUT2D eigenvalue weighted by molar-refractivity contribution is 0.0517. The second-order valence-corrected chi connectivity index (χ2v) is 5.98. The number of hydrogen-bond donors (Lipinski definition) is 2. The molecule has 1 amide bonds. The Morgan fingerprint density at radius 1 is 1.63 bits per heavy atom. The SMILES string of the molecule is CC(O)C1CCN(C(=O)c2csc(CCN)n2)CC1. The number of aliphatic hydroxyl groups excluding tert-OH is 1. The van der Waals surface area contributed by atoms with Crippen LogP contribution in [0.5, 0.6) is 0 Å². The van der Waals surface area contributed by atoms with Gasteiger partial charge in [0, 0.05) is 24.9 Å². The van der Waals surface area contributed by atoms with E-state index in [-0.39, 0.29) is 12.0 Å². The van der Waals surface area contributed by atoms with Gasteiger partial charge < -0.3 is 15.7 Å². The molecule has 6 heteroatoms. The fraction of sp³-hybridized carbons (Fsp3) is 0.692. The van der Waals surface area contributed by atoms with Gasteiger partial charge in [-0.25, -0.2) is 4.98 Å². The highest BCUT2D eigenvalue weighted by atomic mass is 32.1. The molecule has 106 valence electrons. The van der Waals surface area contributed by atoms with Crippen LogP contribution >= 0.6 is 11.3 Å². The molecule has 0 spiro atoms. The average molecular weight is 283 g/mol. The quantitative estimate of drug-likeness (QED) is 0.859. The van der Waals surface area contributed by atoms with Crippen LogP contribution in [0.25, 0.3) is 0 Å². The number of hydrogen-bond acceptors (Lipinski definition) is 5. The molecular formula is C13H21N3O2S. The highest BCUT2D eigenvalue weighted by Gasteiger charge is 2.26. The minimum absolute atomic E-state index is 0.00330. The normalized spacial score (nSPS) is 18.6. The number of carbonyl (C=O) groups is 1. The van der Waals surface area contributed by atoms with Crippen molar-refractivity contribution in [2.24, 2.45) is 11.7 Å². The van der Waals surface area contributed by atoms with E-state index in [0.717, 1.165) is 24.3 Å². The van der Waals surface area contributed by atoms with Crippen LogP contribution in [0.3, 0.4) is 0 Å². The standard InChI is InChI=1S/C13H21N3O2S/c1-9(17)10-3-6-16(7-4-10)13(18)11-8-19-12(15-11)2-5-14/h8-10,17H,2-7,14H2,1H3.